The highest BCUT2D eigenvalue weighted by Gasteiger charge is 2.29. The van der Waals surface area contributed by atoms with E-state index in [0.29, 0.717) is 18.4 Å². The molecule has 106 valence electrons. The number of piperidine rings is 1. The number of hydrogen-bond acceptors (Lipinski definition) is 2. The molecule has 2 rings (SSSR count). The molecule has 1 saturated heterocycles. The molecule has 2 nitrogen and oxygen atoms in total. The van der Waals surface area contributed by atoms with E-state index in [9.17, 15) is 4.39 Å². The fourth-order valence-corrected chi connectivity index (χ4v) is 3.21. The van der Waals surface area contributed by atoms with Crippen molar-refractivity contribution in [2.24, 2.45) is 17.6 Å². The topological polar surface area (TPSA) is 29.3 Å². The van der Waals surface area contributed by atoms with Crippen LogP contribution in [0, 0.1) is 17.7 Å². The van der Waals surface area contributed by atoms with Crippen LogP contribution in [0.25, 0.3) is 0 Å². The lowest BCUT2D eigenvalue weighted by Crippen LogP contribution is -2.43. The average Bonchev–Trinajstić information content (AvgIpc) is 2.38. The number of hydrogen-bond donors (Lipinski definition) is 1. The van der Waals surface area contributed by atoms with Crippen LogP contribution in [0.1, 0.15) is 31.9 Å². The van der Waals surface area contributed by atoms with Crippen LogP contribution in [0.5, 0.6) is 0 Å². The minimum atomic E-state index is -0.134. The van der Waals surface area contributed by atoms with Crippen LogP contribution >= 0.6 is 15.9 Å². The Morgan fingerprint density at radius 1 is 1.53 bits per heavy atom. The Labute approximate surface area is 123 Å². The third kappa shape index (κ3) is 3.36. The lowest BCUT2D eigenvalue weighted by atomic mass is 9.86. The van der Waals surface area contributed by atoms with E-state index < -0.39 is 0 Å². The number of nitrogens with two attached hydrogens (primary N) is 1. The number of likely N-dealkylation sites (tertiary alicyclic amines) is 1. The summed E-state index contributed by atoms with van der Waals surface area (Å²) in [5, 5.41) is 0. The summed E-state index contributed by atoms with van der Waals surface area (Å²) in [6, 6.07) is 5.43. The molecule has 1 aliphatic rings. The third-order valence-corrected chi connectivity index (χ3v) is 4.90. The quantitative estimate of drug-likeness (QED) is 0.919. The highest BCUT2D eigenvalue weighted by Crippen LogP contribution is 2.31. The van der Waals surface area contributed by atoms with Gasteiger partial charge in [0, 0.05) is 22.6 Å². The van der Waals surface area contributed by atoms with Gasteiger partial charge in [0.25, 0.3) is 0 Å². The zero-order chi connectivity index (χ0) is 14.0. The van der Waals surface area contributed by atoms with Gasteiger partial charge in [-0.3, -0.25) is 4.90 Å². The van der Waals surface area contributed by atoms with Gasteiger partial charge in [-0.05, 0) is 50.4 Å². The minimum Gasteiger partial charge on any atom is -0.330 e. The van der Waals surface area contributed by atoms with E-state index in [4.69, 9.17) is 5.73 Å². The van der Waals surface area contributed by atoms with Gasteiger partial charge in [-0.1, -0.05) is 28.9 Å². The summed E-state index contributed by atoms with van der Waals surface area (Å²) in [5.41, 5.74) is 6.61. The van der Waals surface area contributed by atoms with Gasteiger partial charge in [0.1, 0.15) is 5.82 Å². The lowest BCUT2D eigenvalue weighted by molar-refractivity contribution is 0.0963. The maximum absolute atomic E-state index is 14.0. The predicted octanol–water partition coefficient (Wildman–Crippen LogP) is 3.57. The van der Waals surface area contributed by atoms with Crippen LogP contribution < -0.4 is 5.73 Å². The van der Waals surface area contributed by atoms with Crippen molar-refractivity contribution in [2.75, 3.05) is 19.6 Å². The molecule has 2 N–H and O–H groups in total. The van der Waals surface area contributed by atoms with E-state index >= 15 is 0 Å². The summed E-state index contributed by atoms with van der Waals surface area (Å²) in [6.45, 7) is 7.05. The number of nitrogens with zero attached hydrogens (tertiary/aromatic N) is 1. The first-order valence-corrected chi connectivity index (χ1v) is 7.71. The van der Waals surface area contributed by atoms with E-state index in [2.05, 4.69) is 34.7 Å². The first-order chi connectivity index (χ1) is 9.02. The highest BCUT2D eigenvalue weighted by atomic mass is 79.9. The van der Waals surface area contributed by atoms with E-state index in [1.807, 2.05) is 12.1 Å². The van der Waals surface area contributed by atoms with Crippen LogP contribution in [-0.2, 0) is 0 Å². The van der Waals surface area contributed by atoms with Crippen LogP contribution in [0.3, 0.4) is 0 Å². The molecule has 1 aliphatic heterocycles. The van der Waals surface area contributed by atoms with Crippen LogP contribution in [-0.4, -0.2) is 24.5 Å². The van der Waals surface area contributed by atoms with E-state index in [1.54, 1.807) is 6.07 Å². The van der Waals surface area contributed by atoms with Gasteiger partial charge in [-0.25, -0.2) is 4.39 Å². The molecule has 0 radical (unpaired) electrons. The van der Waals surface area contributed by atoms with E-state index in [-0.39, 0.29) is 11.9 Å². The molecule has 3 atom stereocenters. The summed E-state index contributed by atoms with van der Waals surface area (Å²) in [6.07, 6.45) is 1.14. The van der Waals surface area contributed by atoms with Crippen molar-refractivity contribution in [1.29, 1.82) is 0 Å². The largest absolute Gasteiger partial charge is 0.330 e. The van der Waals surface area contributed by atoms with E-state index in [1.165, 1.54) is 0 Å². The van der Waals surface area contributed by atoms with Gasteiger partial charge >= 0.3 is 0 Å². The fourth-order valence-electron chi connectivity index (χ4n) is 2.87. The smallest absolute Gasteiger partial charge is 0.129 e. The van der Waals surface area contributed by atoms with Gasteiger partial charge in [0.2, 0.25) is 0 Å². The monoisotopic (exact) mass is 328 g/mol. The summed E-state index contributed by atoms with van der Waals surface area (Å²) in [5.74, 6) is 1.06. The number of benzene rings is 1. The van der Waals surface area contributed by atoms with E-state index in [0.717, 1.165) is 29.5 Å². The average molecular weight is 329 g/mol. The van der Waals surface area contributed by atoms with Crippen molar-refractivity contribution in [3.8, 4) is 0 Å². The zero-order valence-corrected chi connectivity index (χ0v) is 13.2. The normalized spacial score (nSPS) is 26.4. The molecular formula is C15H22BrFN2. The molecule has 0 saturated carbocycles. The van der Waals surface area contributed by atoms with Crippen molar-refractivity contribution < 1.29 is 4.39 Å². The number of halogens is 2. The van der Waals surface area contributed by atoms with Crippen LogP contribution in [0.2, 0.25) is 0 Å². The molecule has 1 fully saturated rings. The lowest BCUT2D eigenvalue weighted by Gasteiger charge is -2.40. The fraction of sp³-hybridized carbons (Fsp3) is 0.600. The Hall–Kier alpha value is -0.450. The maximum Gasteiger partial charge on any atom is 0.129 e. The van der Waals surface area contributed by atoms with Crippen molar-refractivity contribution >= 4 is 15.9 Å². The van der Waals surface area contributed by atoms with Gasteiger partial charge in [0.05, 0.1) is 0 Å². The second-order valence-corrected chi connectivity index (χ2v) is 6.51. The molecule has 0 spiro atoms. The second-order valence-electron chi connectivity index (χ2n) is 5.60. The second kappa shape index (κ2) is 6.33. The van der Waals surface area contributed by atoms with Crippen molar-refractivity contribution in [1.82, 2.24) is 4.90 Å². The summed E-state index contributed by atoms with van der Waals surface area (Å²) in [7, 11) is 0. The first-order valence-electron chi connectivity index (χ1n) is 6.92. The zero-order valence-electron chi connectivity index (χ0n) is 11.6. The summed E-state index contributed by atoms with van der Waals surface area (Å²) < 4.78 is 14.8. The molecule has 3 unspecified atom stereocenters. The summed E-state index contributed by atoms with van der Waals surface area (Å²) in [4.78, 5) is 2.35. The Bertz CT molecular complexity index is 438. The van der Waals surface area contributed by atoms with Crippen molar-refractivity contribution in [3.63, 3.8) is 0 Å². The molecular weight excluding hydrogens is 307 g/mol. The third-order valence-electron chi connectivity index (χ3n) is 4.41. The molecule has 4 heteroatoms. The Balaban J connectivity index is 2.13. The summed E-state index contributed by atoms with van der Waals surface area (Å²) >= 11 is 3.30. The van der Waals surface area contributed by atoms with Crippen LogP contribution in [0.4, 0.5) is 4.39 Å². The number of rotatable bonds is 3. The molecule has 0 aromatic heterocycles. The molecule has 0 amide bonds. The van der Waals surface area contributed by atoms with Gasteiger partial charge < -0.3 is 5.73 Å². The molecule has 0 bridgehead atoms. The van der Waals surface area contributed by atoms with Crippen LogP contribution in [0.15, 0.2) is 22.7 Å². The molecule has 19 heavy (non-hydrogen) atoms. The minimum absolute atomic E-state index is 0.106. The van der Waals surface area contributed by atoms with Gasteiger partial charge in [-0.2, -0.15) is 0 Å². The van der Waals surface area contributed by atoms with Crippen molar-refractivity contribution in [3.05, 3.63) is 34.1 Å². The standard InChI is InChI=1S/C15H22BrFN2/c1-10-5-6-19(9-12(10)8-18)11(2)14-4-3-13(16)7-15(14)17/h3-4,7,10-12H,5-6,8-9,18H2,1-2H3. The maximum atomic E-state index is 14.0. The van der Waals surface area contributed by atoms with Gasteiger partial charge in [-0.15, -0.1) is 0 Å². The molecule has 1 aromatic carbocycles. The first kappa shape index (κ1) is 14.9. The highest BCUT2D eigenvalue weighted by molar-refractivity contribution is 9.10. The Morgan fingerprint density at radius 3 is 2.89 bits per heavy atom. The molecule has 1 aromatic rings. The SMILES string of the molecule is CC1CCN(C(C)c2ccc(Br)cc2F)CC1CN. The Morgan fingerprint density at radius 2 is 2.26 bits per heavy atom. The van der Waals surface area contributed by atoms with Crippen molar-refractivity contribution in [2.45, 2.75) is 26.3 Å². The predicted molar refractivity (Wildman–Crippen MR) is 80.4 cm³/mol. The molecule has 0 aliphatic carbocycles. The molecule has 1 heterocycles. The Kier molecular flexibility index (Phi) is 4.98. The van der Waals surface area contributed by atoms with Gasteiger partial charge in [0.15, 0.2) is 0 Å².